The summed E-state index contributed by atoms with van der Waals surface area (Å²) in [5.41, 5.74) is 1.35. The third kappa shape index (κ3) is 3.84. The molecular weight excluding hydrogens is 255 g/mol. The minimum atomic E-state index is 0. The highest BCUT2D eigenvalue weighted by Gasteiger charge is 2.21. The molecule has 1 aliphatic heterocycles. The topological polar surface area (TPSA) is 16.1 Å². The van der Waals surface area contributed by atoms with Crippen LogP contribution < -0.4 is 0 Å². The average Bonchev–Trinajstić information content (AvgIpc) is 2.29. The van der Waals surface area contributed by atoms with E-state index in [0.717, 1.165) is 0 Å². The maximum absolute atomic E-state index is 5.92. The maximum atomic E-state index is 5.92. The fourth-order valence-electron chi connectivity index (χ4n) is 2.42. The van der Waals surface area contributed by atoms with Crippen molar-refractivity contribution in [3.8, 4) is 0 Å². The molecule has 4 heteroatoms. The molecule has 0 aromatic carbocycles. The summed E-state index contributed by atoms with van der Waals surface area (Å²) in [6.07, 6.45) is 4.28. The van der Waals surface area contributed by atoms with Crippen LogP contribution in [0.1, 0.15) is 38.2 Å². The van der Waals surface area contributed by atoms with Crippen molar-refractivity contribution < 1.29 is 0 Å². The molecule has 0 atom stereocenters. The molecule has 0 unspecified atom stereocenters. The number of aromatic nitrogens is 1. The first-order chi connectivity index (χ1) is 7.66. The van der Waals surface area contributed by atoms with Crippen LogP contribution in [0.5, 0.6) is 0 Å². The number of piperidine rings is 1. The van der Waals surface area contributed by atoms with Crippen LogP contribution in [0.3, 0.4) is 0 Å². The molecule has 0 bridgehead atoms. The molecular formula is C13H20Cl2N2. The zero-order chi connectivity index (χ0) is 11.5. The lowest BCUT2D eigenvalue weighted by Gasteiger charge is -2.34. The van der Waals surface area contributed by atoms with Gasteiger partial charge in [0, 0.05) is 12.2 Å². The van der Waals surface area contributed by atoms with Gasteiger partial charge in [-0.2, -0.15) is 0 Å². The Hall–Kier alpha value is -0.310. The first kappa shape index (κ1) is 14.7. The zero-order valence-corrected chi connectivity index (χ0v) is 12.0. The van der Waals surface area contributed by atoms with E-state index >= 15 is 0 Å². The summed E-state index contributed by atoms with van der Waals surface area (Å²) in [4.78, 5) is 6.57. The lowest BCUT2D eigenvalue weighted by atomic mass is 9.90. The summed E-state index contributed by atoms with van der Waals surface area (Å²) in [6, 6.07) is 4.78. The normalized spacial score (nSPS) is 18.1. The number of pyridine rings is 1. The SMILES string of the molecule is CC(C)N1CCC(c2ccnc(Cl)c2)CC1.Cl. The number of hydrogen-bond donors (Lipinski definition) is 0. The fraction of sp³-hybridized carbons (Fsp3) is 0.615. The van der Waals surface area contributed by atoms with E-state index in [1.54, 1.807) is 0 Å². The van der Waals surface area contributed by atoms with E-state index in [2.05, 4.69) is 29.8 Å². The predicted octanol–water partition coefficient (Wildman–Crippen LogP) is 3.74. The van der Waals surface area contributed by atoms with Gasteiger partial charge in [0.1, 0.15) is 5.15 Å². The molecule has 17 heavy (non-hydrogen) atoms. The summed E-state index contributed by atoms with van der Waals surface area (Å²) >= 11 is 5.92. The third-order valence-electron chi connectivity index (χ3n) is 3.48. The van der Waals surface area contributed by atoms with Crippen LogP contribution in [0.4, 0.5) is 0 Å². The van der Waals surface area contributed by atoms with Crippen molar-refractivity contribution in [2.24, 2.45) is 0 Å². The maximum Gasteiger partial charge on any atom is 0.129 e. The van der Waals surface area contributed by atoms with Crippen molar-refractivity contribution in [1.29, 1.82) is 0 Å². The van der Waals surface area contributed by atoms with Gasteiger partial charge in [0.05, 0.1) is 0 Å². The molecule has 2 heterocycles. The van der Waals surface area contributed by atoms with Crippen LogP contribution in [0.15, 0.2) is 18.3 Å². The van der Waals surface area contributed by atoms with Crippen LogP contribution in [-0.4, -0.2) is 29.0 Å². The van der Waals surface area contributed by atoms with Gasteiger partial charge in [0.25, 0.3) is 0 Å². The summed E-state index contributed by atoms with van der Waals surface area (Å²) in [6.45, 7) is 6.93. The highest BCUT2D eigenvalue weighted by molar-refractivity contribution is 6.29. The fourth-order valence-corrected chi connectivity index (χ4v) is 2.60. The third-order valence-corrected chi connectivity index (χ3v) is 3.69. The van der Waals surface area contributed by atoms with E-state index < -0.39 is 0 Å². The number of likely N-dealkylation sites (tertiary alicyclic amines) is 1. The van der Waals surface area contributed by atoms with Gasteiger partial charge in [-0.05, 0) is 63.4 Å². The van der Waals surface area contributed by atoms with Crippen molar-refractivity contribution in [1.82, 2.24) is 9.88 Å². The number of nitrogens with zero attached hydrogens (tertiary/aromatic N) is 2. The Morgan fingerprint density at radius 1 is 1.35 bits per heavy atom. The largest absolute Gasteiger partial charge is 0.301 e. The van der Waals surface area contributed by atoms with Gasteiger partial charge >= 0.3 is 0 Å². The quantitative estimate of drug-likeness (QED) is 0.764. The van der Waals surface area contributed by atoms with Gasteiger partial charge in [-0.15, -0.1) is 12.4 Å². The Morgan fingerprint density at radius 2 is 2.00 bits per heavy atom. The van der Waals surface area contributed by atoms with Gasteiger partial charge in [0.15, 0.2) is 0 Å². The van der Waals surface area contributed by atoms with Crippen LogP contribution in [0, 0.1) is 0 Å². The molecule has 0 radical (unpaired) electrons. The molecule has 0 N–H and O–H groups in total. The van der Waals surface area contributed by atoms with Gasteiger partial charge in [-0.3, -0.25) is 0 Å². The smallest absolute Gasteiger partial charge is 0.129 e. The monoisotopic (exact) mass is 274 g/mol. The van der Waals surface area contributed by atoms with Crippen molar-refractivity contribution in [3.63, 3.8) is 0 Å². The minimum Gasteiger partial charge on any atom is -0.301 e. The van der Waals surface area contributed by atoms with E-state index in [1.165, 1.54) is 31.5 Å². The molecule has 1 fully saturated rings. The predicted molar refractivity (Wildman–Crippen MR) is 75.2 cm³/mol. The first-order valence-electron chi connectivity index (χ1n) is 6.02. The lowest BCUT2D eigenvalue weighted by Crippen LogP contribution is -2.37. The van der Waals surface area contributed by atoms with Crippen LogP contribution in [0.2, 0.25) is 5.15 Å². The second kappa shape index (κ2) is 6.58. The van der Waals surface area contributed by atoms with E-state index in [1.807, 2.05) is 12.3 Å². The van der Waals surface area contributed by atoms with Crippen LogP contribution in [0.25, 0.3) is 0 Å². The number of hydrogen-bond acceptors (Lipinski definition) is 2. The molecule has 1 saturated heterocycles. The summed E-state index contributed by atoms with van der Waals surface area (Å²) in [5, 5.41) is 0.615. The van der Waals surface area contributed by atoms with Gasteiger partial charge < -0.3 is 4.90 Å². The number of rotatable bonds is 2. The van der Waals surface area contributed by atoms with Crippen molar-refractivity contribution in [3.05, 3.63) is 29.0 Å². The Balaban J connectivity index is 0.00000144. The summed E-state index contributed by atoms with van der Waals surface area (Å²) in [5.74, 6) is 0.662. The van der Waals surface area contributed by atoms with Gasteiger partial charge in [0.2, 0.25) is 0 Å². The lowest BCUT2D eigenvalue weighted by molar-refractivity contribution is 0.172. The van der Waals surface area contributed by atoms with Gasteiger partial charge in [-0.25, -0.2) is 4.98 Å². The summed E-state index contributed by atoms with van der Waals surface area (Å²) in [7, 11) is 0. The standard InChI is InChI=1S/C13H19ClN2.ClH/c1-10(2)16-7-4-11(5-8-16)12-3-6-15-13(14)9-12;/h3,6,9-11H,4-5,7-8H2,1-2H3;1H. The Morgan fingerprint density at radius 3 is 2.53 bits per heavy atom. The minimum absolute atomic E-state index is 0. The van der Waals surface area contributed by atoms with Gasteiger partial charge in [-0.1, -0.05) is 11.6 Å². The Labute approximate surface area is 115 Å². The summed E-state index contributed by atoms with van der Waals surface area (Å²) < 4.78 is 0. The molecule has 0 saturated carbocycles. The molecule has 1 aromatic rings. The van der Waals surface area contributed by atoms with Crippen LogP contribution in [-0.2, 0) is 0 Å². The van der Waals surface area contributed by atoms with Crippen molar-refractivity contribution >= 4 is 24.0 Å². The highest BCUT2D eigenvalue weighted by Crippen LogP contribution is 2.29. The van der Waals surface area contributed by atoms with E-state index in [-0.39, 0.29) is 12.4 Å². The molecule has 1 aromatic heterocycles. The van der Waals surface area contributed by atoms with E-state index in [0.29, 0.717) is 17.1 Å². The molecule has 0 aliphatic carbocycles. The number of halogens is 2. The second-order valence-corrected chi connectivity index (χ2v) is 5.20. The van der Waals surface area contributed by atoms with Crippen LogP contribution >= 0.6 is 24.0 Å². The van der Waals surface area contributed by atoms with Crippen molar-refractivity contribution in [2.75, 3.05) is 13.1 Å². The molecule has 0 spiro atoms. The molecule has 2 nitrogen and oxygen atoms in total. The average molecular weight is 275 g/mol. The highest BCUT2D eigenvalue weighted by atomic mass is 35.5. The van der Waals surface area contributed by atoms with E-state index in [4.69, 9.17) is 11.6 Å². The van der Waals surface area contributed by atoms with Crippen molar-refractivity contribution in [2.45, 2.75) is 38.6 Å². The Bertz CT molecular complexity index is 347. The molecule has 96 valence electrons. The molecule has 0 amide bonds. The second-order valence-electron chi connectivity index (χ2n) is 4.82. The van der Waals surface area contributed by atoms with E-state index in [9.17, 15) is 0 Å². The zero-order valence-electron chi connectivity index (χ0n) is 10.4. The molecule has 2 rings (SSSR count). The Kier molecular flexibility index (Phi) is 5.71. The first-order valence-corrected chi connectivity index (χ1v) is 6.40. The molecule has 1 aliphatic rings.